The van der Waals surface area contributed by atoms with E-state index >= 15 is 0 Å². The molecule has 1 saturated heterocycles. The van der Waals surface area contributed by atoms with Crippen LogP contribution in [0.3, 0.4) is 0 Å². The maximum Gasteiger partial charge on any atom is 0.187 e. The minimum Gasteiger partial charge on any atom is -0.376 e. The first-order chi connectivity index (χ1) is 12.8. The molecule has 7 heteroatoms. The van der Waals surface area contributed by atoms with Gasteiger partial charge in [0, 0.05) is 23.5 Å². The van der Waals surface area contributed by atoms with Crippen LogP contribution in [0.2, 0.25) is 0 Å². The SMILES string of the molecule is CSc1nccc(-c2cccc(-c3ccn(C[C@@H]4COCCO4)n3)c2)n1. The van der Waals surface area contributed by atoms with Crippen molar-refractivity contribution in [1.82, 2.24) is 19.7 Å². The van der Waals surface area contributed by atoms with Crippen molar-refractivity contribution in [3.05, 3.63) is 48.8 Å². The van der Waals surface area contributed by atoms with Gasteiger partial charge in [-0.2, -0.15) is 5.10 Å². The van der Waals surface area contributed by atoms with E-state index in [1.165, 1.54) is 11.8 Å². The van der Waals surface area contributed by atoms with Crippen molar-refractivity contribution in [1.29, 1.82) is 0 Å². The second-order valence-corrected chi connectivity index (χ2v) is 6.77. The van der Waals surface area contributed by atoms with E-state index in [1.54, 1.807) is 6.20 Å². The highest BCUT2D eigenvalue weighted by Crippen LogP contribution is 2.25. The van der Waals surface area contributed by atoms with E-state index in [9.17, 15) is 0 Å². The first-order valence-corrected chi connectivity index (χ1v) is 9.75. The Morgan fingerprint density at radius 2 is 2.04 bits per heavy atom. The molecule has 134 valence electrons. The molecule has 0 spiro atoms. The summed E-state index contributed by atoms with van der Waals surface area (Å²) < 4.78 is 13.1. The molecule has 26 heavy (non-hydrogen) atoms. The van der Waals surface area contributed by atoms with Gasteiger partial charge in [0.05, 0.1) is 37.8 Å². The Morgan fingerprint density at radius 3 is 2.85 bits per heavy atom. The van der Waals surface area contributed by atoms with Crippen molar-refractivity contribution in [3.63, 3.8) is 0 Å². The molecule has 0 unspecified atom stereocenters. The molecule has 1 fully saturated rings. The van der Waals surface area contributed by atoms with Gasteiger partial charge >= 0.3 is 0 Å². The van der Waals surface area contributed by atoms with Crippen LogP contribution < -0.4 is 0 Å². The lowest BCUT2D eigenvalue weighted by molar-refractivity contribution is -0.0946. The normalized spacial score (nSPS) is 17.3. The van der Waals surface area contributed by atoms with Gasteiger partial charge in [-0.1, -0.05) is 30.0 Å². The molecule has 1 aliphatic heterocycles. The lowest BCUT2D eigenvalue weighted by Crippen LogP contribution is -2.32. The van der Waals surface area contributed by atoms with Gasteiger partial charge in [-0.3, -0.25) is 4.68 Å². The fraction of sp³-hybridized carbons (Fsp3) is 0.316. The number of nitrogens with zero attached hydrogens (tertiary/aromatic N) is 4. The number of benzene rings is 1. The highest BCUT2D eigenvalue weighted by atomic mass is 32.2. The van der Waals surface area contributed by atoms with Gasteiger partial charge in [0.25, 0.3) is 0 Å². The van der Waals surface area contributed by atoms with E-state index < -0.39 is 0 Å². The molecule has 2 aromatic heterocycles. The molecule has 1 aromatic carbocycles. The number of hydrogen-bond donors (Lipinski definition) is 0. The van der Waals surface area contributed by atoms with E-state index in [1.807, 2.05) is 35.3 Å². The average Bonchev–Trinajstić information content (AvgIpc) is 3.17. The zero-order valence-electron chi connectivity index (χ0n) is 14.5. The van der Waals surface area contributed by atoms with Crippen molar-refractivity contribution in [3.8, 4) is 22.5 Å². The van der Waals surface area contributed by atoms with E-state index in [0.717, 1.165) is 27.7 Å². The van der Waals surface area contributed by atoms with E-state index in [0.29, 0.717) is 26.4 Å². The van der Waals surface area contributed by atoms with E-state index in [4.69, 9.17) is 9.47 Å². The molecule has 0 aliphatic carbocycles. The molecule has 1 aliphatic rings. The maximum atomic E-state index is 5.69. The van der Waals surface area contributed by atoms with Gasteiger partial charge in [0.2, 0.25) is 0 Å². The van der Waals surface area contributed by atoms with Crippen molar-refractivity contribution >= 4 is 11.8 Å². The van der Waals surface area contributed by atoms with E-state index in [2.05, 4.69) is 33.3 Å². The fourth-order valence-corrected chi connectivity index (χ4v) is 3.26. The van der Waals surface area contributed by atoms with Gasteiger partial charge in [0.1, 0.15) is 6.10 Å². The summed E-state index contributed by atoms with van der Waals surface area (Å²) in [7, 11) is 0. The first-order valence-electron chi connectivity index (χ1n) is 8.52. The van der Waals surface area contributed by atoms with Crippen molar-refractivity contribution < 1.29 is 9.47 Å². The number of hydrogen-bond acceptors (Lipinski definition) is 6. The van der Waals surface area contributed by atoms with Crippen molar-refractivity contribution in [2.45, 2.75) is 17.8 Å². The lowest BCUT2D eigenvalue weighted by atomic mass is 10.1. The monoisotopic (exact) mass is 368 g/mol. The molecular weight excluding hydrogens is 348 g/mol. The molecule has 3 heterocycles. The Balaban J connectivity index is 1.54. The van der Waals surface area contributed by atoms with Crippen molar-refractivity contribution in [2.24, 2.45) is 0 Å². The van der Waals surface area contributed by atoms with Crippen LogP contribution in [0.4, 0.5) is 0 Å². The highest BCUT2D eigenvalue weighted by molar-refractivity contribution is 7.98. The third kappa shape index (κ3) is 3.95. The summed E-state index contributed by atoms with van der Waals surface area (Å²) in [6.07, 6.45) is 5.82. The second kappa shape index (κ2) is 7.99. The van der Waals surface area contributed by atoms with Gasteiger partial charge in [-0.05, 0) is 24.5 Å². The molecule has 0 saturated carbocycles. The van der Waals surface area contributed by atoms with Crippen molar-refractivity contribution in [2.75, 3.05) is 26.1 Å². The van der Waals surface area contributed by atoms with Crippen LogP contribution in [0.15, 0.2) is 53.9 Å². The fourth-order valence-electron chi connectivity index (χ4n) is 2.91. The van der Waals surface area contributed by atoms with Gasteiger partial charge in [-0.15, -0.1) is 0 Å². The Morgan fingerprint density at radius 1 is 1.15 bits per heavy atom. The summed E-state index contributed by atoms with van der Waals surface area (Å²) in [5.74, 6) is 0. The Kier molecular flexibility index (Phi) is 5.29. The number of thioether (sulfide) groups is 1. The Bertz CT molecular complexity index is 877. The third-order valence-corrected chi connectivity index (χ3v) is 4.75. The van der Waals surface area contributed by atoms with Gasteiger partial charge in [-0.25, -0.2) is 9.97 Å². The highest BCUT2D eigenvalue weighted by Gasteiger charge is 2.15. The van der Waals surface area contributed by atoms with Crippen LogP contribution in [-0.2, 0) is 16.0 Å². The van der Waals surface area contributed by atoms with Gasteiger partial charge < -0.3 is 9.47 Å². The molecule has 0 N–H and O–H groups in total. The van der Waals surface area contributed by atoms with Crippen LogP contribution in [0.5, 0.6) is 0 Å². The zero-order valence-corrected chi connectivity index (χ0v) is 15.4. The molecular formula is C19H20N4O2S. The van der Waals surface area contributed by atoms with Crippen LogP contribution >= 0.6 is 11.8 Å². The summed E-state index contributed by atoms with van der Waals surface area (Å²) in [5, 5.41) is 5.46. The Labute approximate surface area is 156 Å². The lowest BCUT2D eigenvalue weighted by Gasteiger charge is -2.22. The van der Waals surface area contributed by atoms with Crippen LogP contribution in [0, 0.1) is 0 Å². The topological polar surface area (TPSA) is 62.1 Å². The third-order valence-electron chi connectivity index (χ3n) is 4.19. The average molecular weight is 368 g/mol. The smallest absolute Gasteiger partial charge is 0.187 e. The summed E-state index contributed by atoms with van der Waals surface area (Å²) in [4.78, 5) is 8.81. The molecule has 4 rings (SSSR count). The summed E-state index contributed by atoms with van der Waals surface area (Å²) >= 11 is 1.54. The summed E-state index contributed by atoms with van der Waals surface area (Å²) in [6.45, 7) is 2.64. The molecule has 0 bridgehead atoms. The van der Waals surface area contributed by atoms with Crippen LogP contribution in [0.1, 0.15) is 0 Å². The molecule has 6 nitrogen and oxygen atoms in total. The zero-order chi connectivity index (χ0) is 17.8. The Hall–Kier alpha value is -2.22. The molecule has 1 atom stereocenters. The number of rotatable bonds is 5. The predicted octanol–water partition coefficient (Wildman–Crippen LogP) is 3.14. The minimum atomic E-state index is 0.0637. The quantitative estimate of drug-likeness (QED) is 0.509. The van der Waals surface area contributed by atoms with Gasteiger partial charge in [0.15, 0.2) is 5.16 Å². The molecule has 0 amide bonds. The molecule has 3 aromatic rings. The minimum absolute atomic E-state index is 0.0637. The summed E-state index contributed by atoms with van der Waals surface area (Å²) in [6, 6.07) is 12.2. The maximum absolute atomic E-state index is 5.69. The molecule has 0 radical (unpaired) electrons. The standard InChI is InChI=1S/C19H20N4O2S/c1-26-19-20-7-5-17(21-19)14-3-2-4-15(11-14)18-6-8-23(22-18)12-16-13-24-9-10-25-16/h2-8,11,16H,9-10,12-13H2,1H3/t16-/m1/s1. The number of ether oxygens (including phenoxy) is 2. The van der Waals surface area contributed by atoms with E-state index in [-0.39, 0.29) is 6.10 Å². The van der Waals surface area contributed by atoms with Crippen LogP contribution in [0.25, 0.3) is 22.5 Å². The second-order valence-electron chi connectivity index (χ2n) is 6.00. The first kappa shape index (κ1) is 17.2. The summed E-state index contributed by atoms with van der Waals surface area (Å²) in [5.41, 5.74) is 3.96. The predicted molar refractivity (Wildman–Crippen MR) is 101 cm³/mol. The largest absolute Gasteiger partial charge is 0.376 e. The van der Waals surface area contributed by atoms with Crippen LogP contribution in [-0.4, -0.2) is 51.9 Å². The number of aromatic nitrogens is 4.